The minimum absolute atomic E-state index is 0.00785. The number of nitrogens with one attached hydrogen (secondary N) is 2. The molecule has 0 saturated carbocycles. The lowest BCUT2D eigenvalue weighted by molar-refractivity contribution is -0.116. The first-order valence-electron chi connectivity index (χ1n) is 7.45. The number of carbonyl (C=O) groups is 2. The van der Waals surface area contributed by atoms with Crippen LogP contribution in [-0.4, -0.2) is 11.8 Å². The Hall–Kier alpha value is -2.62. The molecule has 0 radical (unpaired) electrons. The van der Waals surface area contributed by atoms with Crippen molar-refractivity contribution in [3.8, 4) is 0 Å². The van der Waals surface area contributed by atoms with Gasteiger partial charge in [-0.05, 0) is 35.2 Å². The molecular formula is C18H18N2O2. The molecule has 0 spiro atoms. The Bertz CT molecular complexity index is 738. The smallest absolute Gasteiger partial charge is 0.228 e. The molecule has 0 atom stereocenters. The van der Waals surface area contributed by atoms with Crippen molar-refractivity contribution in [2.75, 3.05) is 10.6 Å². The first-order chi connectivity index (χ1) is 10.7. The number of carbonyl (C=O) groups excluding carboxylic acids is 2. The zero-order valence-corrected chi connectivity index (χ0v) is 12.5. The van der Waals surface area contributed by atoms with Crippen LogP contribution in [0.1, 0.15) is 23.6 Å². The van der Waals surface area contributed by atoms with E-state index in [9.17, 15) is 9.59 Å². The van der Waals surface area contributed by atoms with Crippen LogP contribution >= 0.6 is 0 Å². The number of benzene rings is 2. The topological polar surface area (TPSA) is 58.2 Å². The highest BCUT2D eigenvalue weighted by Crippen LogP contribution is 2.24. The molecule has 0 aromatic heterocycles. The summed E-state index contributed by atoms with van der Waals surface area (Å²) in [7, 11) is 0. The monoisotopic (exact) mass is 294 g/mol. The van der Waals surface area contributed by atoms with Crippen molar-refractivity contribution in [2.24, 2.45) is 0 Å². The van der Waals surface area contributed by atoms with E-state index in [1.54, 1.807) is 0 Å². The van der Waals surface area contributed by atoms with Crippen molar-refractivity contribution in [1.82, 2.24) is 0 Å². The maximum atomic E-state index is 12.2. The van der Waals surface area contributed by atoms with E-state index in [1.165, 1.54) is 0 Å². The average Bonchev–Trinajstić information content (AvgIpc) is 2.87. The quantitative estimate of drug-likeness (QED) is 0.911. The summed E-state index contributed by atoms with van der Waals surface area (Å²) in [6.45, 7) is 2.06. The van der Waals surface area contributed by atoms with Gasteiger partial charge in [-0.2, -0.15) is 0 Å². The fraction of sp³-hybridized carbons (Fsp3) is 0.222. The van der Waals surface area contributed by atoms with E-state index in [0.717, 1.165) is 34.5 Å². The second-order valence-electron chi connectivity index (χ2n) is 5.45. The number of hydrogen-bond donors (Lipinski definition) is 2. The van der Waals surface area contributed by atoms with Crippen LogP contribution < -0.4 is 10.6 Å². The van der Waals surface area contributed by atoms with E-state index in [0.29, 0.717) is 12.8 Å². The molecule has 0 aliphatic carbocycles. The van der Waals surface area contributed by atoms with Gasteiger partial charge >= 0.3 is 0 Å². The third kappa shape index (κ3) is 3.01. The maximum absolute atomic E-state index is 12.2. The number of rotatable bonds is 4. The van der Waals surface area contributed by atoms with Crippen molar-refractivity contribution in [3.05, 3.63) is 59.2 Å². The number of anilines is 2. The van der Waals surface area contributed by atoms with Gasteiger partial charge in [-0.25, -0.2) is 0 Å². The standard InChI is InChI=1S/C18H18N2O2/c1-2-13-5-3-4-6-15(13)19-17(21)10-12-7-8-16-14(9-12)11-18(22)20-16/h3-9H,2,10-11H2,1H3,(H,19,21)(H,20,22). The molecule has 0 fully saturated rings. The lowest BCUT2D eigenvalue weighted by Gasteiger charge is -2.10. The molecular weight excluding hydrogens is 276 g/mol. The molecule has 0 saturated heterocycles. The van der Waals surface area contributed by atoms with Crippen molar-refractivity contribution >= 4 is 23.2 Å². The van der Waals surface area contributed by atoms with Crippen LogP contribution in [0.2, 0.25) is 0 Å². The van der Waals surface area contributed by atoms with E-state index >= 15 is 0 Å². The van der Waals surface area contributed by atoms with Gasteiger partial charge in [0.05, 0.1) is 12.8 Å². The van der Waals surface area contributed by atoms with Gasteiger partial charge in [0, 0.05) is 11.4 Å². The van der Waals surface area contributed by atoms with Crippen molar-refractivity contribution in [1.29, 1.82) is 0 Å². The highest BCUT2D eigenvalue weighted by molar-refractivity contribution is 5.99. The van der Waals surface area contributed by atoms with Gasteiger partial charge in [-0.1, -0.05) is 37.3 Å². The average molecular weight is 294 g/mol. The second-order valence-corrected chi connectivity index (χ2v) is 5.45. The van der Waals surface area contributed by atoms with Gasteiger partial charge in [0.1, 0.15) is 0 Å². The van der Waals surface area contributed by atoms with E-state index < -0.39 is 0 Å². The van der Waals surface area contributed by atoms with Gasteiger partial charge in [-0.15, -0.1) is 0 Å². The maximum Gasteiger partial charge on any atom is 0.228 e. The molecule has 2 N–H and O–H groups in total. The molecule has 1 aliphatic rings. The van der Waals surface area contributed by atoms with E-state index in [2.05, 4.69) is 17.6 Å². The Morgan fingerprint density at radius 2 is 2.05 bits per heavy atom. The third-order valence-corrected chi connectivity index (χ3v) is 3.83. The number of aryl methyl sites for hydroxylation is 1. The van der Waals surface area contributed by atoms with Crippen LogP contribution in [0.25, 0.3) is 0 Å². The molecule has 3 rings (SSSR count). The number of fused-ring (bicyclic) bond motifs is 1. The molecule has 4 nitrogen and oxygen atoms in total. The van der Waals surface area contributed by atoms with Crippen LogP contribution in [0.3, 0.4) is 0 Å². The first kappa shape index (κ1) is 14.3. The lowest BCUT2D eigenvalue weighted by atomic mass is 10.1. The Balaban J connectivity index is 1.70. The SMILES string of the molecule is CCc1ccccc1NC(=O)Cc1ccc2c(c1)CC(=O)N2. The summed E-state index contributed by atoms with van der Waals surface area (Å²) in [6.07, 6.45) is 1.58. The van der Waals surface area contributed by atoms with Gasteiger partial charge in [0.2, 0.25) is 11.8 Å². The minimum atomic E-state index is -0.0434. The molecule has 2 aromatic carbocycles. The van der Waals surface area contributed by atoms with Crippen LogP contribution in [-0.2, 0) is 28.9 Å². The molecule has 0 unspecified atom stereocenters. The molecule has 2 amide bonds. The summed E-state index contributed by atoms with van der Waals surface area (Å²) in [5, 5.41) is 5.76. The highest BCUT2D eigenvalue weighted by atomic mass is 16.2. The number of para-hydroxylation sites is 1. The molecule has 112 valence electrons. The Labute approximate surface area is 129 Å². The molecule has 4 heteroatoms. The van der Waals surface area contributed by atoms with Crippen LogP contribution in [0.15, 0.2) is 42.5 Å². The Morgan fingerprint density at radius 3 is 2.86 bits per heavy atom. The zero-order valence-electron chi connectivity index (χ0n) is 12.5. The van der Waals surface area contributed by atoms with Crippen molar-refractivity contribution < 1.29 is 9.59 Å². The number of amides is 2. The van der Waals surface area contributed by atoms with E-state index in [-0.39, 0.29) is 11.8 Å². The predicted molar refractivity (Wildman–Crippen MR) is 86.9 cm³/mol. The molecule has 1 aliphatic heterocycles. The van der Waals surface area contributed by atoms with E-state index in [1.807, 2.05) is 42.5 Å². The summed E-state index contributed by atoms with van der Waals surface area (Å²) in [4.78, 5) is 23.6. The summed E-state index contributed by atoms with van der Waals surface area (Å²) in [6, 6.07) is 13.5. The van der Waals surface area contributed by atoms with Crippen LogP contribution in [0, 0.1) is 0 Å². The minimum Gasteiger partial charge on any atom is -0.326 e. The third-order valence-electron chi connectivity index (χ3n) is 3.83. The van der Waals surface area contributed by atoms with Crippen molar-refractivity contribution in [2.45, 2.75) is 26.2 Å². The summed E-state index contributed by atoms with van der Waals surface area (Å²) in [5.74, 6) is -0.0355. The Kier molecular flexibility index (Phi) is 3.92. The highest BCUT2D eigenvalue weighted by Gasteiger charge is 2.18. The zero-order chi connectivity index (χ0) is 15.5. The van der Waals surface area contributed by atoms with Gasteiger partial charge < -0.3 is 10.6 Å². The van der Waals surface area contributed by atoms with Gasteiger partial charge in [-0.3, -0.25) is 9.59 Å². The largest absolute Gasteiger partial charge is 0.326 e. The normalized spacial score (nSPS) is 12.7. The van der Waals surface area contributed by atoms with Crippen LogP contribution in [0.5, 0.6) is 0 Å². The fourth-order valence-corrected chi connectivity index (χ4v) is 2.72. The first-order valence-corrected chi connectivity index (χ1v) is 7.45. The second kappa shape index (κ2) is 6.02. The lowest BCUT2D eigenvalue weighted by Crippen LogP contribution is -2.15. The predicted octanol–water partition coefficient (Wildman–Crippen LogP) is 2.92. The van der Waals surface area contributed by atoms with Crippen LogP contribution in [0.4, 0.5) is 11.4 Å². The molecule has 22 heavy (non-hydrogen) atoms. The Morgan fingerprint density at radius 1 is 1.23 bits per heavy atom. The fourth-order valence-electron chi connectivity index (χ4n) is 2.72. The molecule has 2 aromatic rings. The summed E-state index contributed by atoms with van der Waals surface area (Å²) < 4.78 is 0. The summed E-state index contributed by atoms with van der Waals surface area (Å²) >= 11 is 0. The van der Waals surface area contributed by atoms with Crippen molar-refractivity contribution in [3.63, 3.8) is 0 Å². The molecule has 1 heterocycles. The van der Waals surface area contributed by atoms with Gasteiger partial charge in [0.25, 0.3) is 0 Å². The van der Waals surface area contributed by atoms with Gasteiger partial charge in [0.15, 0.2) is 0 Å². The van der Waals surface area contributed by atoms with E-state index in [4.69, 9.17) is 0 Å². The molecule has 0 bridgehead atoms. The summed E-state index contributed by atoms with van der Waals surface area (Å²) in [5.41, 5.74) is 4.73. The number of hydrogen-bond acceptors (Lipinski definition) is 2.